The molecule has 1 aromatic rings. The van der Waals surface area contributed by atoms with Gasteiger partial charge in [0.05, 0.1) is 25.6 Å². The van der Waals surface area contributed by atoms with Crippen LogP contribution in [0.15, 0.2) is 24.3 Å². The molecule has 0 spiro atoms. The second kappa shape index (κ2) is 8.83. The fourth-order valence-corrected chi connectivity index (χ4v) is 4.64. The quantitative estimate of drug-likeness (QED) is 0.752. The van der Waals surface area contributed by atoms with Crippen molar-refractivity contribution in [2.45, 2.75) is 51.7 Å². The Morgan fingerprint density at radius 3 is 2.50 bits per heavy atom. The summed E-state index contributed by atoms with van der Waals surface area (Å²) in [5.41, 5.74) is 1.03. The van der Waals surface area contributed by atoms with Crippen molar-refractivity contribution in [2.75, 3.05) is 26.0 Å². The highest BCUT2D eigenvalue weighted by atomic mass is 32.2. The Labute approximate surface area is 146 Å². The van der Waals surface area contributed by atoms with Crippen molar-refractivity contribution < 1.29 is 17.9 Å². The fraction of sp³-hybridized carbons (Fsp3) is 0.667. The van der Waals surface area contributed by atoms with Gasteiger partial charge in [0.25, 0.3) is 0 Å². The summed E-state index contributed by atoms with van der Waals surface area (Å²) in [6, 6.07) is 7.64. The highest BCUT2D eigenvalue weighted by molar-refractivity contribution is 7.89. The summed E-state index contributed by atoms with van der Waals surface area (Å²) in [5, 5.41) is 0. The van der Waals surface area contributed by atoms with E-state index in [2.05, 4.69) is 0 Å². The lowest BCUT2D eigenvalue weighted by Crippen LogP contribution is -2.37. The van der Waals surface area contributed by atoms with Crippen molar-refractivity contribution in [1.82, 2.24) is 4.31 Å². The molecule has 0 N–H and O–H groups in total. The van der Waals surface area contributed by atoms with Gasteiger partial charge in [0.1, 0.15) is 5.75 Å². The molecule has 1 aromatic carbocycles. The molecule has 1 aliphatic rings. The fourth-order valence-electron chi connectivity index (χ4n) is 3.08. The summed E-state index contributed by atoms with van der Waals surface area (Å²) in [6.07, 6.45) is 3.93. The second-order valence-corrected chi connectivity index (χ2v) is 8.53. The van der Waals surface area contributed by atoms with Gasteiger partial charge < -0.3 is 9.47 Å². The second-order valence-electron chi connectivity index (χ2n) is 6.48. The van der Waals surface area contributed by atoms with Crippen LogP contribution in [-0.2, 0) is 14.8 Å². The van der Waals surface area contributed by atoms with Crippen molar-refractivity contribution in [1.29, 1.82) is 0 Å². The molecule has 0 saturated carbocycles. The van der Waals surface area contributed by atoms with Gasteiger partial charge >= 0.3 is 0 Å². The van der Waals surface area contributed by atoms with Crippen LogP contribution in [0.4, 0.5) is 0 Å². The minimum absolute atomic E-state index is 0.0395. The Kier molecular flexibility index (Phi) is 7.07. The van der Waals surface area contributed by atoms with E-state index in [1.165, 1.54) is 0 Å². The summed E-state index contributed by atoms with van der Waals surface area (Å²) < 4.78 is 38.0. The van der Waals surface area contributed by atoms with Gasteiger partial charge in [0.2, 0.25) is 10.0 Å². The number of nitrogens with zero attached hydrogens (tertiary/aromatic N) is 1. The molecule has 0 aromatic heterocycles. The SMILES string of the molecule is COc1ccc(C2CCCCCN2S(=O)(=O)CCOC(C)C)cc1. The molecule has 0 aliphatic carbocycles. The van der Waals surface area contributed by atoms with Crippen LogP contribution in [0.2, 0.25) is 0 Å². The number of benzene rings is 1. The average molecular weight is 356 g/mol. The van der Waals surface area contributed by atoms with E-state index < -0.39 is 10.0 Å². The summed E-state index contributed by atoms with van der Waals surface area (Å²) in [6.45, 7) is 4.66. The van der Waals surface area contributed by atoms with Crippen LogP contribution in [0, 0.1) is 0 Å². The highest BCUT2D eigenvalue weighted by Crippen LogP contribution is 2.33. The molecular weight excluding hydrogens is 326 g/mol. The first-order valence-electron chi connectivity index (χ1n) is 8.69. The van der Waals surface area contributed by atoms with E-state index in [0.717, 1.165) is 37.0 Å². The number of hydrogen-bond acceptors (Lipinski definition) is 4. The Morgan fingerprint density at radius 1 is 1.17 bits per heavy atom. The summed E-state index contributed by atoms with van der Waals surface area (Å²) in [5.74, 6) is 0.824. The van der Waals surface area contributed by atoms with Gasteiger partial charge in [-0.1, -0.05) is 25.0 Å². The Balaban J connectivity index is 2.18. The molecule has 0 bridgehead atoms. The molecule has 0 radical (unpaired) electrons. The van der Waals surface area contributed by atoms with Crippen LogP contribution in [0.1, 0.15) is 51.1 Å². The van der Waals surface area contributed by atoms with Crippen molar-refractivity contribution >= 4 is 10.0 Å². The standard InChI is InChI=1S/C18H29NO4S/c1-15(2)23-13-14-24(20,21)19-12-6-4-5-7-18(19)16-8-10-17(22-3)11-9-16/h8-11,15,18H,4-7,12-14H2,1-3H3. The smallest absolute Gasteiger partial charge is 0.216 e. The molecule has 1 heterocycles. The zero-order valence-corrected chi connectivity index (χ0v) is 15.7. The molecule has 5 nitrogen and oxygen atoms in total. The first-order chi connectivity index (χ1) is 11.4. The molecule has 1 atom stereocenters. The molecule has 0 amide bonds. The van der Waals surface area contributed by atoms with E-state index in [1.54, 1.807) is 11.4 Å². The van der Waals surface area contributed by atoms with Gasteiger partial charge in [-0.15, -0.1) is 0 Å². The normalized spacial score (nSPS) is 20.1. The zero-order chi connectivity index (χ0) is 17.6. The summed E-state index contributed by atoms with van der Waals surface area (Å²) in [4.78, 5) is 0. The van der Waals surface area contributed by atoms with Gasteiger partial charge in [-0.25, -0.2) is 8.42 Å². The maximum atomic E-state index is 12.8. The summed E-state index contributed by atoms with van der Waals surface area (Å²) >= 11 is 0. The molecule has 1 unspecified atom stereocenters. The minimum Gasteiger partial charge on any atom is -0.497 e. The van der Waals surface area contributed by atoms with Crippen molar-refractivity contribution in [3.8, 4) is 5.75 Å². The molecular formula is C18H29NO4S. The highest BCUT2D eigenvalue weighted by Gasteiger charge is 2.31. The molecule has 2 rings (SSSR count). The number of hydrogen-bond donors (Lipinski definition) is 0. The van der Waals surface area contributed by atoms with E-state index in [1.807, 2.05) is 38.1 Å². The third-order valence-corrected chi connectivity index (χ3v) is 6.19. The Morgan fingerprint density at radius 2 is 1.88 bits per heavy atom. The predicted molar refractivity (Wildman–Crippen MR) is 95.8 cm³/mol. The van der Waals surface area contributed by atoms with Gasteiger partial charge in [-0.2, -0.15) is 4.31 Å². The molecule has 24 heavy (non-hydrogen) atoms. The van der Waals surface area contributed by atoms with Crippen molar-refractivity contribution in [3.05, 3.63) is 29.8 Å². The maximum absolute atomic E-state index is 12.8. The van der Waals surface area contributed by atoms with Crippen molar-refractivity contribution in [2.24, 2.45) is 0 Å². The molecule has 1 fully saturated rings. The van der Waals surface area contributed by atoms with Crippen LogP contribution < -0.4 is 4.74 Å². The van der Waals surface area contributed by atoms with Crippen molar-refractivity contribution in [3.63, 3.8) is 0 Å². The lowest BCUT2D eigenvalue weighted by Gasteiger charge is -2.29. The van der Waals surface area contributed by atoms with E-state index in [9.17, 15) is 8.42 Å². The van der Waals surface area contributed by atoms with E-state index in [-0.39, 0.29) is 24.5 Å². The third kappa shape index (κ3) is 5.19. The van der Waals surface area contributed by atoms with Crippen LogP contribution in [0.5, 0.6) is 5.75 Å². The van der Waals surface area contributed by atoms with Gasteiger partial charge in [0.15, 0.2) is 0 Å². The van der Waals surface area contributed by atoms with Gasteiger partial charge in [-0.3, -0.25) is 0 Å². The number of ether oxygens (including phenoxy) is 2. The Hall–Kier alpha value is -1.11. The molecule has 1 saturated heterocycles. The van der Waals surface area contributed by atoms with Crippen LogP contribution in [0.3, 0.4) is 0 Å². The predicted octanol–water partition coefficient (Wildman–Crippen LogP) is 3.37. The van der Waals surface area contributed by atoms with Crippen LogP contribution in [-0.4, -0.2) is 44.8 Å². The maximum Gasteiger partial charge on any atom is 0.216 e. The first kappa shape index (κ1) is 19.2. The Bertz CT molecular complexity index is 598. The van der Waals surface area contributed by atoms with Gasteiger partial charge in [-0.05, 0) is 44.4 Å². The largest absolute Gasteiger partial charge is 0.497 e. The number of methoxy groups -OCH3 is 1. The lowest BCUT2D eigenvalue weighted by atomic mass is 10.0. The third-order valence-electron chi connectivity index (χ3n) is 4.35. The molecule has 136 valence electrons. The number of rotatable bonds is 7. The van der Waals surface area contributed by atoms with E-state index in [0.29, 0.717) is 6.54 Å². The lowest BCUT2D eigenvalue weighted by molar-refractivity contribution is 0.0904. The minimum atomic E-state index is -3.34. The van der Waals surface area contributed by atoms with E-state index in [4.69, 9.17) is 9.47 Å². The van der Waals surface area contributed by atoms with E-state index >= 15 is 0 Å². The number of sulfonamides is 1. The first-order valence-corrected chi connectivity index (χ1v) is 10.3. The van der Waals surface area contributed by atoms with Crippen LogP contribution >= 0.6 is 0 Å². The average Bonchev–Trinajstić information content (AvgIpc) is 2.81. The monoisotopic (exact) mass is 355 g/mol. The summed E-state index contributed by atoms with van der Waals surface area (Å²) in [7, 11) is -1.71. The molecule has 1 aliphatic heterocycles. The van der Waals surface area contributed by atoms with Gasteiger partial charge in [0, 0.05) is 12.6 Å². The molecule has 6 heteroatoms. The van der Waals surface area contributed by atoms with Crippen LogP contribution in [0.25, 0.3) is 0 Å². The topological polar surface area (TPSA) is 55.8 Å². The zero-order valence-electron chi connectivity index (χ0n) is 14.9.